The molecule has 0 fully saturated rings. The van der Waals surface area contributed by atoms with Crippen molar-refractivity contribution in [2.45, 2.75) is 43.5 Å². The van der Waals surface area contributed by atoms with Crippen LogP contribution in [0.2, 0.25) is 0 Å². The van der Waals surface area contributed by atoms with E-state index in [9.17, 15) is 16.8 Å². The topological polar surface area (TPSA) is 122 Å². The Bertz CT molecular complexity index is 1270. The molecule has 3 rings (SSSR count). The van der Waals surface area contributed by atoms with Gasteiger partial charge in [0.25, 0.3) is 10.1 Å². The zero-order chi connectivity index (χ0) is 23.6. The minimum absolute atomic E-state index is 0.216. The molecule has 1 N–H and O–H groups in total. The molecule has 9 nitrogen and oxygen atoms in total. The van der Waals surface area contributed by atoms with Crippen molar-refractivity contribution >= 4 is 25.6 Å². The Kier molecular flexibility index (Phi) is 7.58. The van der Waals surface area contributed by atoms with Crippen LogP contribution < -0.4 is 0 Å². The third-order valence-electron chi connectivity index (χ3n) is 4.48. The Morgan fingerprint density at radius 1 is 1.06 bits per heavy atom. The number of rotatable bonds is 5. The maximum Gasteiger partial charge on any atom is 0.261 e. The minimum Gasteiger partial charge on any atom is -0.305 e. The molecule has 2 heterocycles. The molecule has 1 aromatic carbocycles. The van der Waals surface area contributed by atoms with Crippen LogP contribution in [0.1, 0.15) is 29.6 Å². The SMILES string of the molecule is CCc1nn2c(C)c(CN(C)C)c(C)nc2c1S(=O)(=O)c1ccccc1.CS(=O)(=O)O. The summed E-state index contributed by atoms with van der Waals surface area (Å²) >= 11 is 0. The van der Waals surface area contributed by atoms with E-state index in [2.05, 4.69) is 15.0 Å². The summed E-state index contributed by atoms with van der Waals surface area (Å²) < 4.78 is 54.1. The lowest BCUT2D eigenvalue weighted by Gasteiger charge is -2.15. The Labute approximate surface area is 183 Å². The second-order valence-corrected chi connectivity index (χ2v) is 10.8. The lowest BCUT2D eigenvalue weighted by Crippen LogP contribution is -2.16. The Balaban J connectivity index is 0.000000614. The van der Waals surface area contributed by atoms with Crippen molar-refractivity contribution < 1.29 is 21.4 Å². The number of sulfone groups is 1. The number of hydrogen-bond acceptors (Lipinski definition) is 7. The normalized spacial score (nSPS) is 12.1. The van der Waals surface area contributed by atoms with Gasteiger partial charge in [0.15, 0.2) is 5.65 Å². The monoisotopic (exact) mass is 468 g/mol. The predicted octanol–water partition coefficient (Wildman–Crippen LogP) is 2.31. The number of aromatic nitrogens is 3. The highest BCUT2D eigenvalue weighted by molar-refractivity contribution is 7.91. The molecule has 2 aromatic heterocycles. The Morgan fingerprint density at radius 3 is 2.10 bits per heavy atom. The molecule has 0 spiro atoms. The van der Waals surface area contributed by atoms with Gasteiger partial charge in [-0.25, -0.2) is 17.9 Å². The van der Waals surface area contributed by atoms with Crippen molar-refractivity contribution in [1.82, 2.24) is 19.5 Å². The molecule has 0 saturated heterocycles. The van der Waals surface area contributed by atoms with Crippen molar-refractivity contribution in [3.63, 3.8) is 0 Å². The number of benzene rings is 1. The first-order chi connectivity index (χ1) is 14.3. The first-order valence-corrected chi connectivity index (χ1v) is 12.9. The van der Waals surface area contributed by atoms with Gasteiger partial charge in [-0.2, -0.15) is 13.5 Å². The highest BCUT2D eigenvalue weighted by atomic mass is 32.2. The van der Waals surface area contributed by atoms with E-state index in [4.69, 9.17) is 4.55 Å². The maximum atomic E-state index is 13.3. The van der Waals surface area contributed by atoms with Crippen LogP contribution in [0.5, 0.6) is 0 Å². The van der Waals surface area contributed by atoms with Crippen LogP contribution in [0.25, 0.3) is 5.65 Å². The van der Waals surface area contributed by atoms with Gasteiger partial charge in [-0.15, -0.1) is 0 Å². The van der Waals surface area contributed by atoms with Gasteiger partial charge in [-0.3, -0.25) is 4.55 Å². The summed E-state index contributed by atoms with van der Waals surface area (Å²) in [6.07, 6.45) is 1.24. The van der Waals surface area contributed by atoms with Gasteiger partial charge >= 0.3 is 0 Å². The van der Waals surface area contributed by atoms with Gasteiger partial charge in [-0.1, -0.05) is 25.1 Å². The molecule has 0 unspecified atom stereocenters. The summed E-state index contributed by atoms with van der Waals surface area (Å²) in [5.74, 6) is 0. The minimum atomic E-state index is -3.69. The summed E-state index contributed by atoms with van der Waals surface area (Å²) in [7, 11) is -3.37. The summed E-state index contributed by atoms with van der Waals surface area (Å²) in [5, 5.41) is 4.59. The van der Waals surface area contributed by atoms with Crippen LogP contribution in [-0.2, 0) is 32.9 Å². The second kappa shape index (κ2) is 9.43. The molecule has 3 aromatic rings. The summed E-state index contributed by atoms with van der Waals surface area (Å²) in [4.78, 5) is 7.19. The van der Waals surface area contributed by atoms with E-state index in [-0.39, 0.29) is 9.79 Å². The third-order valence-corrected chi connectivity index (χ3v) is 6.33. The van der Waals surface area contributed by atoms with Crippen LogP contribution in [-0.4, -0.2) is 61.2 Å². The fourth-order valence-electron chi connectivity index (χ4n) is 3.16. The highest BCUT2D eigenvalue weighted by Crippen LogP contribution is 2.29. The predicted molar refractivity (Wildman–Crippen MR) is 119 cm³/mol. The molecule has 0 aliphatic rings. The highest BCUT2D eigenvalue weighted by Gasteiger charge is 2.29. The lowest BCUT2D eigenvalue weighted by atomic mass is 10.1. The molecule has 0 saturated carbocycles. The van der Waals surface area contributed by atoms with E-state index in [1.54, 1.807) is 34.8 Å². The molecule has 0 amide bonds. The van der Waals surface area contributed by atoms with E-state index in [0.717, 1.165) is 23.5 Å². The average molecular weight is 469 g/mol. The van der Waals surface area contributed by atoms with Crippen molar-refractivity contribution in [1.29, 1.82) is 0 Å². The van der Waals surface area contributed by atoms with Crippen molar-refractivity contribution in [3.05, 3.63) is 53.0 Å². The van der Waals surface area contributed by atoms with E-state index in [1.165, 1.54) is 0 Å². The van der Waals surface area contributed by atoms with Crippen LogP contribution in [0.3, 0.4) is 0 Å². The Hall–Kier alpha value is -2.34. The molecule has 31 heavy (non-hydrogen) atoms. The summed E-state index contributed by atoms with van der Waals surface area (Å²) in [6, 6.07) is 8.47. The molecule has 0 aliphatic heterocycles. The number of hydrogen-bond donors (Lipinski definition) is 1. The second-order valence-electron chi connectivity index (χ2n) is 7.41. The molecule has 11 heteroatoms. The van der Waals surface area contributed by atoms with Gasteiger partial charge in [0.2, 0.25) is 9.84 Å². The smallest absolute Gasteiger partial charge is 0.261 e. The first kappa shape index (κ1) is 24.9. The van der Waals surface area contributed by atoms with E-state index < -0.39 is 20.0 Å². The van der Waals surface area contributed by atoms with Crippen molar-refractivity contribution in [2.75, 3.05) is 20.4 Å². The fourth-order valence-corrected chi connectivity index (χ4v) is 4.77. The standard InChI is InChI=1S/C19H24N4O2S.CH4O3S/c1-6-17-18(26(24,25)15-10-8-7-9-11-15)19-20-13(2)16(12-22(4)5)14(3)23(19)21-17;1-5(2,3)4/h7-11H,6,12H2,1-5H3;1H3,(H,2,3,4). The molecular formula is C20H28N4O5S2. The maximum absolute atomic E-state index is 13.3. The van der Waals surface area contributed by atoms with Gasteiger partial charge in [0.1, 0.15) is 4.90 Å². The fraction of sp³-hybridized carbons (Fsp3) is 0.400. The van der Waals surface area contributed by atoms with Crippen LogP contribution >= 0.6 is 0 Å². The zero-order valence-electron chi connectivity index (χ0n) is 18.5. The van der Waals surface area contributed by atoms with E-state index >= 15 is 0 Å². The summed E-state index contributed by atoms with van der Waals surface area (Å²) in [5.41, 5.74) is 3.77. The van der Waals surface area contributed by atoms with Crippen molar-refractivity contribution in [3.8, 4) is 0 Å². The number of fused-ring (bicyclic) bond motifs is 1. The van der Waals surface area contributed by atoms with Crippen LogP contribution in [0, 0.1) is 13.8 Å². The van der Waals surface area contributed by atoms with Crippen LogP contribution in [0.15, 0.2) is 40.1 Å². The molecule has 0 aliphatic carbocycles. The number of aryl methyl sites for hydroxylation is 3. The summed E-state index contributed by atoms with van der Waals surface area (Å²) in [6.45, 7) is 6.52. The van der Waals surface area contributed by atoms with Gasteiger partial charge < -0.3 is 4.90 Å². The molecular weight excluding hydrogens is 440 g/mol. The third kappa shape index (κ3) is 5.88. The van der Waals surface area contributed by atoms with Crippen molar-refractivity contribution in [2.24, 2.45) is 0 Å². The molecule has 0 radical (unpaired) electrons. The molecule has 0 bridgehead atoms. The largest absolute Gasteiger partial charge is 0.305 e. The quantitative estimate of drug-likeness (QED) is 0.566. The first-order valence-electron chi connectivity index (χ1n) is 9.52. The average Bonchev–Trinajstić information content (AvgIpc) is 3.03. The van der Waals surface area contributed by atoms with Gasteiger partial charge in [-0.05, 0) is 46.5 Å². The van der Waals surface area contributed by atoms with Gasteiger partial charge in [0.05, 0.1) is 16.8 Å². The number of nitrogens with zero attached hydrogens (tertiary/aromatic N) is 4. The molecule has 170 valence electrons. The van der Waals surface area contributed by atoms with Gasteiger partial charge in [0, 0.05) is 23.5 Å². The molecule has 0 atom stereocenters. The zero-order valence-corrected chi connectivity index (χ0v) is 20.1. The van der Waals surface area contributed by atoms with E-state index in [1.807, 2.05) is 34.9 Å². The van der Waals surface area contributed by atoms with E-state index in [0.29, 0.717) is 24.0 Å². The van der Waals surface area contributed by atoms with Crippen LogP contribution in [0.4, 0.5) is 0 Å². The lowest BCUT2D eigenvalue weighted by molar-refractivity contribution is 0.398. The Morgan fingerprint density at radius 2 is 1.61 bits per heavy atom.